The molecule has 120 valence electrons. The lowest BCUT2D eigenvalue weighted by molar-refractivity contribution is -0.133. The van der Waals surface area contributed by atoms with Gasteiger partial charge in [-0.2, -0.15) is 0 Å². The van der Waals surface area contributed by atoms with Crippen LogP contribution in [0.15, 0.2) is 24.3 Å². The van der Waals surface area contributed by atoms with Crippen molar-refractivity contribution in [2.45, 2.75) is 12.5 Å². The van der Waals surface area contributed by atoms with Crippen molar-refractivity contribution in [3.05, 3.63) is 29.8 Å². The Morgan fingerprint density at radius 1 is 1.36 bits per heavy atom. The molecule has 1 aliphatic heterocycles. The van der Waals surface area contributed by atoms with Gasteiger partial charge in [-0.1, -0.05) is 12.1 Å². The topological polar surface area (TPSA) is 107 Å². The molecule has 22 heavy (non-hydrogen) atoms. The van der Waals surface area contributed by atoms with Crippen LogP contribution in [0.5, 0.6) is 5.75 Å². The molecule has 1 aromatic carbocycles. The predicted molar refractivity (Wildman–Crippen MR) is 80.3 cm³/mol. The third kappa shape index (κ3) is 3.76. The third-order valence-electron chi connectivity index (χ3n) is 3.65. The summed E-state index contributed by atoms with van der Waals surface area (Å²) in [5.41, 5.74) is 5.42. The van der Waals surface area contributed by atoms with Gasteiger partial charge in [-0.05, 0) is 18.6 Å². The number of sulfone groups is 1. The van der Waals surface area contributed by atoms with E-state index in [2.05, 4.69) is 0 Å². The van der Waals surface area contributed by atoms with Crippen molar-refractivity contribution in [2.75, 3.05) is 25.2 Å². The Labute approximate surface area is 129 Å². The van der Waals surface area contributed by atoms with Crippen LogP contribution in [0.3, 0.4) is 0 Å². The number of para-hydroxylation sites is 1. The maximum absolute atomic E-state index is 12.1. The maximum atomic E-state index is 12.1. The molecule has 1 aromatic rings. The number of carbonyl (C=O) groups excluding carboxylic acids is 2. The van der Waals surface area contributed by atoms with Crippen molar-refractivity contribution >= 4 is 21.7 Å². The monoisotopic (exact) mass is 326 g/mol. The predicted octanol–water partition coefficient (Wildman–Crippen LogP) is -0.190. The number of amides is 2. The first-order valence-corrected chi connectivity index (χ1v) is 8.60. The Balaban J connectivity index is 1.97. The third-order valence-corrected chi connectivity index (χ3v) is 5.40. The molecule has 0 spiro atoms. The summed E-state index contributed by atoms with van der Waals surface area (Å²) in [5.74, 6) is -0.677. The van der Waals surface area contributed by atoms with Gasteiger partial charge in [0.25, 0.3) is 11.8 Å². The summed E-state index contributed by atoms with van der Waals surface area (Å²) in [6, 6.07) is 6.04. The zero-order chi connectivity index (χ0) is 16.3. The molecule has 0 aliphatic carbocycles. The van der Waals surface area contributed by atoms with Gasteiger partial charge in [0.15, 0.2) is 16.4 Å². The van der Waals surface area contributed by atoms with Gasteiger partial charge in [0.05, 0.1) is 17.1 Å². The second-order valence-corrected chi connectivity index (χ2v) is 7.44. The minimum Gasteiger partial charge on any atom is -0.483 e. The molecule has 2 amide bonds. The fraction of sp³-hybridized carbons (Fsp3) is 0.429. The van der Waals surface area contributed by atoms with E-state index in [1.54, 1.807) is 25.2 Å². The van der Waals surface area contributed by atoms with Gasteiger partial charge < -0.3 is 15.4 Å². The molecule has 0 unspecified atom stereocenters. The highest BCUT2D eigenvalue weighted by atomic mass is 32.2. The van der Waals surface area contributed by atoms with Gasteiger partial charge in [0.1, 0.15) is 5.75 Å². The lowest BCUT2D eigenvalue weighted by Gasteiger charge is -2.23. The molecule has 0 radical (unpaired) electrons. The van der Waals surface area contributed by atoms with E-state index in [1.807, 2.05) is 0 Å². The number of hydrogen-bond donors (Lipinski definition) is 1. The molecule has 0 aromatic heterocycles. The number of nitrogens with two attached hydrogens (primary N) is 1. The van der Waals surface area contributed by atoms with Crippen LogP contribution in [0, 0.1) is 0 Å². The van der Waals surface area contributed by atoms with Crippen LogP contribution < -0.4 is 10.5 Å². The number of benzene rings is 1. The number of carbonyl (C=O) groups is 2. The van der Waals surface area contributed by atoms with Gasteiger partial charge >= 0.3 is 0 Å². The fourth-order valence-electron chi connectivity index (χ4n) is 2.32. The molecule has 1 heterocycles. The summed E-state index contributed by atoms with van der Waals surface area (Å²) in [6.45, 7) is -0.280. The van der Waals surface area contributed by atoms with E-state index in [1.165, 1.54) is 11.0 Å². The first kappa shape index (κ1) is 16.3. The van der Waals surface area contributed by atoms with E-state index in [4.69, 9.17) is 10.5 Å². The van der Waals surface area contributed by atoms with E-state index >= 15 is 0 Å². The number of nitrogens with zero attached hydrogens (tertiary/aromatic N) is 1. The van der Waals surface area contributed by atoms with Crippen molar-refractivity contribution in [3.8, 4) is 5.75 Å². The smallest absolute Gasteiger partial charge is 0.260 e. The molecular formula is C14H18N2O5S. The second kappa shape index (κ2) is 6.35. The molecule has 1 aliphatic rings. The largest absolute Gasteiger partial charge is 0.483 e. The summed E-state index contributed by atoms with van der Waals surface area (Å²) >= 11 is 0. The van der Waals surface area contributed by atoms with E-state index < -0.39 is 15.7 Å². The lowest BCUT2D eigenvalue weighted by atomic mass is 10.2. The number of rotatable bonds is 5. The van der Waals surface area contributed by atoms with E-state index in [0.29, 0.717) is 6.42 Å². The highest BCUT2D eigenvalue weighted by molar-refractivity contribution is 7.91. The number of hydrogen-bond acceptors (Lipinski definition) is 5. The first-order valence-electron chi connectivity index (χ1n) is 6.78. The van der Waals surface area contributed by atoms with Gasteiger partial charge in [-0.3, -0.25) is 9.59 Å². The van der Waals surface area contributed by atoms with Crippen molar-refractivity contribution in [3.63, 3.8) is 0 Å². The molecule has 7 nitrogen and oxygen atoms in total. The van der Waals surface area contributed by atoms with E-state index in [-0.39, 0.29) is 41.4 Å². The Bertz CT molecular complexity index is 686. The SMILES string of the molecule is CN(C(=O)COc1ccccc1C(N)=O)[C@H]1CCS(=O)(=O)C1. The standard InChI is InChI=1S/C14H18N2O5S/c1-16(10-6-7-22(19,20)9-10)13(17)8-21-12-5-3-2-4-11(12)14(15)18/h2-5,10H,6-9H2,1H3,(H2,15,18)/t10-/m0/s1. The van der Waals surface area contributed by atoms with Crippen LogP contribution in [0.25, 0.3) is 0 Å². The van der Waals surface area contributed by atoms with Crippen LogP contribution in [-0.4, -0.2) is 56.3 Å². The minimum atomic E-state index is -3.05. The quantitative estimate of drug-likeness (QED) is 0.807. The average Bonchev–Trinajstić information content (AvgIpc) is 2.84. The van der Waals surface area contributed by atoms with Crippen LogP contribution in [0.1, 0.15) is 16.8 Å². The molecule has 2 rings (SSSR count). The molecule has 2 N–H and O–H groups in total. The van der Waals surface area contributed by atoms with E-state index in [9.17, 15) is 18.0 Å². The number of primary amides is 1. The van der Waals surface area contributed by atoms with Crippen LogP contribution >= 0.6 is 0 Å². The Kier molecular flexibility index (Phi) is 4.70. The lowest BCUT2D eigenvalue weighted by Crippen LogP contribution is -2.40. The van der Waals surface area contributed by atoms with Crippen molar-refractivity contribution in [2.24, 2.45) is 5.73 Å². The van der Waals surface area contributed by atoms with Crippen molar-refractivity contribution in [1.29, 1.82) is 0 Å². The maximum Gasteiger partial charge on any atom is 0.260 e. The zero-order valence-corrected chi connectivity index (χ0v) is 13.0. The van der Waals surface area contributed by atoms with Gasteiger partial charge in [0.2, 0.25) is 0 Å². The van der Waals surface area contributed by atoms with Gasteiger partial charge in [-0.25, -0.2) is 8.42 Å². The summed E-state index contributed by atoms with van der Waals surface area (Å²) < 4.78 is 28.2. The first-order chi connectivity index (χ1) is 10.3. The number of likely N-dealkylation sites (N-methyl/N-ethyl adjacent to an activating group) is 1. The van der Waals surface area contributed by atoms with Crippen LogP contribution in [0.2, 0.25) is 0 Å². The summed E-state index contributed by atoms with van der Waals surface area (Å²) in [5, 5.41) is 0. The molecule has 1 fully saturated rings. The normalized spacial score (nSPS) is 19.6. The highest BCUT2D eigenvalue weighted by Gasteiger charge is 2.32. The minimum absolute atomic E-state index is 0.0207. The second-order valence-electron chi connectivity index (χ2n) is 5.21. The van der Waals surface area contributed by atoms with Gasteiger partial charge in [-0.15, -0.1) is 0 Å². The summed E-state index contributed by atoms with van der Waals surface area (Å²) in [6.07, 6.45) is 0.433. The Morgan fingerprint density at radius 3 is 2.64 bits per heavy atom. The number of ether oxygens (including phenoxy) is 1. The molecule has 8 heteroatoms. The molecule has 1 saturated heterocycles. The molecule has 1 atom stereocenters. The van der Waals surface area contributed by atoms with Crippen LogP contribution in [-0.2, 0) is 14.6 Å². The molecule has 0 bridgehead atoms. The molecule has 0 saturated carbocycles. The Hall–Kier alpha value is -2.09. The van der Waals surface area contributed by atoms with Gasteiger partial charge in [0, 0.05) is 13.1 Å². The van der Waals surface area contributed by atoms with E-state index in [0.717, 1.165) is 0 Å². The summed E-state index contributed by atoms with van der Waals surface area (Å²) in [4.78, 5) is 24.7. The molecular weight excluding hydrogens is 308 g/mol. The van der Waals surface area contributed by atoms with Crippen molar-refractivity contribution < 1.29 is 22.7 Å². The average molecular weight is 326 g/mol. The Morgan fingerprint density at radius 2 is 2.05 bits per heavy atom. The zero-order valence-electron chi connectivity index (χ0n) is 12.2. The summed E-state index contributed by atoms with van der Waals surface area (Å²) in [7, 11) is -1.50. The highest BCUT2D eigenvalue weighted by Crippen LogP contribution is 2.19. The van der Waals surface area contributed by atoms with Crippen molar-refractivity contribution in [1.82, 2.24) is 4.90 Å². The fourth-order valence-corrected chi connectivity index (χ4v) is 4.10. The van der Waals surface area contributed by atoms with Crippen LogP contribution in [0.4, 0.5) is 0 Å².